The molecule has 1 amide bonds. The second-order valence-corrected chi connectivity index (χ2v) is 5.24. The van der Waals surface area contributed by atoms with Crippen molar-refractivity contribution >= 4 is 34.8 Å². The second-order valence-electron chi connectivity index (χ2n) is 4.18. The zero-order valence-electron chi connectivity index (χ0n) is 10.8. The molecule has 0 aromatic carbocycles. The first-order valence-electron chi connectivity index (χ1n) is 6.24. The molecular formula is C11H19ClN4O2S. The molecule has 1 unspecified atom stereocenters. The van der Waals surface area contributed by atoms with Crippen molar-refractivity contribution in [2.45, 2.75) is 32.2 Å². The predicted molar refractivity (Wildman–Crippen MR) is 77.0 cm³/mol. The fourth-order valence-corrected chi connectivity index (χ4v) is 2.44. The Morgan fingerprint density at radius 1 is 1.58 bits per heavy atom. The molecule has 6 nitrogen and oxygen atoms in total. The molecule has 1 aromatic heterocycles. The standard InChI is InChI=1S/C11H18N4O2S.ClH/c1-2-3-4-9-14-15-11(18-9)13-10(16)8-7-17-6-5-12-8;/h8,12H,2-7H2,1H3,(H,13,15,16);1H. The lowest BCUT2D eigenvalue weighted by molar-refractivity contribution is -0.120. The van der Waals surface area contributed by atoms with Gasteiger partial charge in [-0.1, -0.05) is 24.7 Å². The summed E-state index contributed by atoms with van der Waals surface area (Å²) in [6, 6.07) is -0.290. The van der Waals surface area contributed by atoms with E-state index in [1.807, 2.05) is 0 Å². The molecule has 0 bridgehead atoms. The number of carbonyl (C=O) groups excluding carboxylic acids is 1. The third-order valence-corrected chi connectivity index (χ3v) is 3.58. The third-order valence-electron chi connectivity index (χ3n) is 2.68. The first-order valence-corrected chi connectivity index (χ1v) is 7.05. The molecule has 0 aliphatic carbocycles. The van der Waals surface area contributed by atoms with Crippen molar-refractivity contribution in [2.24, 2.45) is 0 Å². The Balaban J connectivity index is 0.00000180. The molecule has 1 aliphatic heterocycles. The van der Waals surface area contributed by atoms with Crippen molar-refractivity contribution in [3.63, 3.8) is 0 Å². The van der Waals surface area contributed by atoms with Gasteiger partial charge in [-0.15, -0.1) is 22.6 Å². The second kappa shape index (κ2) is 8.42. The van der Waals surface area contributed by atoms with Crippen molar-refractivity contribution in [1.29, 1.82) is 0 Å². The quantitative estimate of drug-likeness (QED) is 0.855. The van der Waals surface area contributed by atoms with Crippen LogP contribution in [-0.4, -0.2) is 41.9 Å². The molecule has 19 heavy (non-hydrogen) atoms. The highest BCUT2D eigenvalue weighted by atomic mass is 35.5. The van der Waals surface area contributed by atoms with Crippen LogP contribution in [0, 0.1) is 0 Å². The van der Waals surface area contributed by atoms with E-state index in [1.165, 1.54) is 11.3 Å². The number of ether oxygens (including phenoxy) is 1. The SMILES string of the molecule is CCCCc1nnc(NC(=O)C2COCCN2)s1.Cl. The predicted octanol–water partition coefficient (Wildman–Crippen LogP) is 1.23. The van der Waals surface area contributed by atoms with Gasteiger partial charge < -0.3 is 10.1 Å². The normalized spacial score (nSPS) is 18.7. The minimum atomic E-state index is -0.290. The highest BCUT2D eigenvalue weighted by Crippen LogP contribution is 2.17. The minimum Gasteiger partial charge on any atom is -0.378 e. The van der Waals surface area contributed by atoms with E-state index in [0.717, 1.165) is 24.3 Å². The number of carbonyl (C=O) groups is 1. The topological polar surface area (TPSA) is 76.1 Å². The maximum absolute atomic E-state index is 11.9. The van der Waals surface area contributed by atoms with Gasteiger partial charge in [-0.2, -0.15) is 0 Å². The number of aryl methyl sites for hydroxylation is 1. The number of amides is 1. The Bertz CT molecular complexity index is 396. The van der Waals surface area contributed by atoms with E-state index in [4.69, 9.17) is 4.74 Å². The van der Waals surface area contributed by atoms with Crippen molar-refractivity contribution in [1.82, 2.24) is 15.5 Å². The van der Waals surface area contributed by atoms with Crippen LogP contribution < -0.4 is 10.6 Å². The van der Waals surface area contributed by atoms with Crippen LogP contribution in [0.3, 0.4) is 0 Å². The number of unbranched alkanes of at least 4 members (excludes halogenated alkanes) is 1. The summed E-state index contributed by atoms with van der Waals surface area (Å²) in [5.41, 5.74) is 0. The Kier molecular flexibility index (Phi) is 7.22. The van der Waals surface area contributed by atoms with Gasteiger partial charge in [0.1, 0.15) is 11.0 Å². The fourth-order valence-electron chi connectivity index (χ4n) is 1.66. The number of halogens is 1. The molecule has 1 saturated heterocycles. The van der Waals surface area contributed by atoms with Crippen LogP contribution in [0.5, 0.6) is 0 Å². The molecule has 2 rings (SSSR count). The molecule has 108 valence electrons. The van der Waals surface area contributed by atoms with E-state index < -0.39 is 0 Å². The number of nitrogens with zero attached hydrogens (tertiary/aromatic N) is 2. The lowest BCUT2D eigenvalue weighted by Gasteiger charge is -2.22. The molecule has 8 heteroatoms. The summed E-state index contributed by atoms with van der Waals surface area (Å²) >= 11 is 1.44. The van der Waals surface area contributed by atoms with E-state index in [2.05, 4.69) is 27.8 Å². The van der Waals surface area contributed by atoms with Gasteiger partial charge >= 0.3 is 0 Å². The summed E-state index contributed by atoms with van der Waals surface area (Å²) in [5.74, 6) is -0.104. The smallest absolute Gasteiger partial charge is 0.245 e. The molecule has 1 aliphatic rings. The van der Waals surface area contributed by atoms with E-state index in [9.17, 15) is 4.79 Å². The van der Waals surface area contributed by atoms with Gasteiger partial charge in [0, 0.05) is 13.0 Å². The lowest BCUT2D eigenvalue weighted by atomic mass is 10.2. The molecule has 0 spiro atoms. The van der Waals surface area contributed by atoms with Gasteiger partial charge in [0.2, 0.25) is 11.0 Å². The average molecular weight is 307 g/mol. The lowest BCUT2D eigenvalue weighted by Crippen LogP contribution is -2.48. The van der Waals surface area contributed by atoms with Crippen LogP contribution in [0.15, 0.2) is 0 Å². The molecule has 1 atom stereocenters. The number of hydrogen-bond donors (Lipinski definition) is 2. The van der Waals surface area contributed by atoms with E-state index in [-0.39, 0.29) is 24.4 Å². The first kappa shape index (κ1) is 16.3. The van der Waals surface area contributed by atoms with Crippen molar-refractivity contribution < 1.29 is 9.53 Å². The molecule has 1 fully saturated rings. The summed E-state index contributed by atoms with van der Waals surface area (Å²) in [6.07, 6.45) is 3.15. The molecule has 1 aromatic rings. The highest BCUT2D eigenvalue weighted by Gasteiger charge is 2.22. The zero-order chi connectivity index (χ0) is 12.8. The number of hydrogen-bond acceptors (Lipinski definition) is 6. The van der Waals surface area contributed by atoms with Gasteiger partial charge in [-0.3, -0.25) is 10.1 Å². The summed E-state index contributed by atoms with van der Waals surface area (Å²) in [5, 5.41) is 15.4. The Labute approximate surface area is 122 Å². The Morgan fingerprint density at radius 2 is 2.42 bits per heavy atom. The minimum absolute atomic E-state index is 0. The number of nitrogens with one attached hydrogen (secondary N) is 2. The van der Waals surface area contributed by atoms with E-state index in [0.29, 0.717) is 24.9 Å². The van der Waals surface area contributed by atoms with Gasteiger partial charge in [-0.05, 0) is 6.42 Å². The first-order chi connectivity index (χ1) is 8.79. The van der Waals surface area contributed by atoms with Crippen LogP contribution in [0.2, 0.25) is 0 Å². The molecule has 2 heterocycles. The molecule has 2 N–H and O–H groups in total. The fraction of sp³-hybridized carbons (Fsp3) is 0.727. The van der Waals surface area contributed by atoms with Crippen LogP contribution in [-0.2, 0) is 16.0 Å². The third kappa shape index (κ3) is 5.02. The van der Waals surface area contributed by atoms with Gasteiger partial charge in [0.25, 0.3) is 0 Å². The summed E-state index contributed by atoms with van der Waals surface area (Å²) in [4.78, 5) is 11.9. The Hall–Kier alpha value is -0.760. The number of aromatic nitrogens is 2. The highest BCUT2D eigenvalue weighted by molar-refractivity contribution is 7.15. The van der Waals surface area contributed by atoms with Gasteiger partial charge in [0.05, 0.1) is 13.2 Å². The van der Waals surface area contributed by atoms with Crippen molar-refractivity contribution in [3.05, 3.63) is 5.01 Å². The number of morpholine rings is 1. The zero-order valence-corrected chi connectivity index (χ0v) is 12.5. The van der Waals surface area contributed by atoms with Crippen LogP contribution >= 0.6 is 23.7 Å². The van der Waals surface area contributed by atoms with E-state index in [1.54, 1.807) is 0 Å². The largest absolute Gasteiger partial charge is 0.378 e. The van der Waals surface area contributed by atoms with Crippen LogP contribution in [0.4, 0.5) is 5.13 Å². The summed E-state index contributed by atoms with van der Waals surface area (Å²) in [6.45, 7) is 3.91. The summed E-state index contributed by atoms with van der Waals surface area (Å²) in [7, 11) is 0. The number of rotatable bonds is 5. The monoisotopic (exact) mass is 306 g/mol. The van der Waals surface area contributed by atoms with Crippen LogP contribution in [0.25, 0.3) is 0 Å². The molecule has 0 radical (unpaired) electrons. The Morgan fingerprint density at radius 3 is 3.11 bits per heavy atom. The maximum Gasteiger partial charge on any atom is 0.245 e. The van der Waals surface area contributed by atoms with Gasteiger partial charge in [-0.25, -0.2) is 0 Å². The summed E-state index contributed by atoms with van der Waals surface area (Å²) < 4.78 is 5.24. The van der Waals surface area contributed by atoms with E-state index >= 15 is 0 Å². The van der Waals surface area contributed by atoms with Crippen molar-refractivity contribution in [2.75, 3.05) is 25.1 Å². The molecular weight excluding hydrogens is 288 g/mol. The number of anilines is 1. The average Bonchev–Trinajstić information content (AvgIpc) is 2.85. The van der Waals surface area contributed by atoms with Gasteiger partial charge in [0.15, 0.2) is 0 Å². The maximum atomic E-state index is 11.9. The molecule has 0 saturated carbocycles. The van der Waals surface area contributed by atoms with Crippen molar-refractivity contribution in [3.8, 4) is 0 Å². The van der Waals surface area contributed by atoms with Crippen LogP contribution in [0.1, 0.15) is 24.8 Å².